The molecule has 7 heteroatoms. The van der Waals surface area contributed by atoms with Crippen molar-refractivity contribution in [3.05, 3.63) is 65.9 Å². The number of nitrogens with one attached hydrogen (secondary N) is 1. The molecule has 0 aliphatic heterocycles. The molecule has 0 radical (unpaired) electrons. The molecule has 0 spiro atoms. The van der Waals surface area contributed by atoms with Crippen molar-refractivity contribution in [3.8, 4) is 5.69 Å². The lowest BCUT2D eigenvalue weighted by molar-refractivity contribution is -0.115. The van der Waals surface area contributed by atoms with E-state index in [-0.39, 0.29) is 18.0 Å². The molecule has 0 aliphatic carbocycles. The molecule has 2 heterocycles. The molecule has 1 amide bonds. The molecule has 0 atom stereocenters. The number of aromatic nitrogens is 2. The number of benzene rings is 1. The van der Waals surface area contributed by atoms with Gasteiger partial charge in [0, 0.05) is 6.20 Å². The van der Waals surface area contributed by atoms with Crippen molar-refractivity contribution in [2.45, 2.75) is 13.3 Å². The highest BCUT2D eigenvalue weighted by atomic mass is 16.4. The second-order valence-corrected chi connectivity index (χ2v) is 5.21. The number of carbonyl (C=O) groups is 2. The number of hydrogen-bond donors (Lipinski definition) is 2. The van der Waals surface area contributed by atoms with Gasteiger partial charge in [-0.3, -0.25) is 4.79 Å². The van der Waals surface area contributed by atoms with Crippen LogP contribution >= 0.6 is 0 Å². The van der Waals surface area contributed by atoms with Gasteiger partial charge in [0.25, 0.3) is 0 Å². The summed E-state index contributed by atoms with van der Waals surface area (Å²) in [7, 11) is 0. The Morgan fingerprint density at radius 3 is 2.67 bits per heavy atom. The van der Waals surface area contributed by atoms with Crippen molar-refractivity contribution in [2.24, 2.45) is 0 Å². The number of rotatable bonds is 5. The van der Waals surface area contributed by atoms with Crippen LogP contribution in [0, 0.1) is 6.92 Å². The Kier molecular flexibility index (Phi) is 4.15. The minimum Gasteiger partial charge on any atom is -0.476 e. The van der Waals surface area contributed by atoms with Crippen LogP contribution in [0.5, 0.6) is 0 Å². The van der Waals surface area contributed by atoms with Gasteiger partial charge in [-0.05, 0) is 37.3 Å². The van der Waals surface area contributed by atoms with Crippen molar-refractivity contribution >= 4 is 17.6 Å². The van der Waals surface area contributed by atoms with Gasteiger partial charge in [0.1, 0.15) is 11.5 Å². The fourth-order valence-electron chi connectivity index (χ4n) is 2.28. The third kappa shape index (κ3) is 3.35. The number of anilines is 1. The molecule has 1 aromatic carbocycles. The van der Waals surface area contributed by atoms with Gasteiger partial charge in [0.05, 0.1) is 17.8 Å². The van der Waals surface area contributed by atoms with Gasteiger partial charge in [0.2, 0.25) is 5.91 Å². The first-order valence-electron chi connectivity index (χ1n) is 7.26. The molecule has 2 aromatic heterocycles. The van der Waals surface area contributed by atoms with Crippen molar-refractivity contribution in [1.82, 2.24) is 9.78 Å². The van der Waals surface area contributed by atoms with Crippen molar-refractivity contribution in [2.75, 3.05) is 5.32 Å². The maximum absolute atomic E-state index is 12.2. The van der Waals surface area contributed by atoms with E-state index in [1.54, 1.807) is 36.4 Å². The lowest BCUT2D eigenvalue weighted by atomic mass is 10.2. The Hall–Kier alpha value is -3.35. The van der Waals surface area contributed by atoms with Crippen LogP contribution in [0.25, 0.3) is 5.69 Å². The SMILES string of the molecule is Cc1ccc(CC(=O)Nc2ccccc2-n2ccc(C(=O)O)n2)o1. The molecule has 3 aromatic rings. The van der Waals surface area contributed by atoms with Gasteiger partial charge in [-0.2, -0.15) is 5.10 Å². The van der Waals surface area contributed by atoms with Crippen molar-refractivity contribution < 1.29 is 19.1 Å². The summed E-state index contributed by atoms with van der Waals surface area (Å²) < 4.78 is 6.81. The van der Waals surface area contributed by atoms with Gasteiger partial charge in [0.15, 0.2) is 5.69 Å². The van der Waals surface area contributed by atoms with E-state index < -0.39 is 5.97 Å². The topological polar surface area (TPSA) is 97.4 Å². The minimum absolute atomic E-state index is 0.0674. The summed E-state index contributed by atoms with van der Waals surface area (Å²) in [5.41, 5.74) is 1.04. The van der Waals surface area contributed by atoms with Crippen molar-refractivity contribution in [1.29, 1.82) is 0 Å². The maximum atomic E-state index is 12.2. The minimum atomic E-state index is -1.11. The molecule has 0 saturated carbocycles. The van der Waals surface area contributed by atoms with E-state index in [4.69, 9.17) is 9.52 Å². The Bertz CT molecular complexity index is 895. The fourth-order valence-corrected chi connectivity index (χ4v) is 2.28. The van der Waals surface area contributed by atoms with E-state index >= 15 is 0 Å². The molecular formula is C17H15N3O4. The normalized spacial score (nSPS) is 10.5. The Morgan fingerprint density at radius 2 is 2.00 bits per heavy atom. The van der Waals surface area contributed by atoms with E-state index in [2.05, 4.69) is 10.4 Å². The zero-order valence-electron chi connectivity index (χ0n) is 12.9. The van der Waals surface area contributed by atoms with Crippen molar-refractivity contribution in [3.63, 3.8) is 0 Å². The predicted molar refractivity (Wildman–Crippen MR) is 86.3 cm³/mol. The first kappa shape index (κ1) is 15.5. The van der Waals surface area contributed by atoms with Gasteiger partial charge in [-0.1, -0.05) is 12.1 Å². The highest BCUT2D eigenvalue weighted by Crippen LogP contribution is 2.20. The Labute approximate surface area is 137 Å². The Morgan fingerprint density at radius 1 is 1.21 bits per heavy atom. The highest BCUT2D eigenvalue weighted by molar-refractivity contribution is 5.94. The van der Waals surface area contributed by atoms with Gasteiger partial charge in [-0.15, -0.1) is 0 Å². The molecule has 7 nitrogen and oxygen atoms in total. The van der Waals surface area contributed by atoms with Gasteiger partial charge < -0.3 is 14.8 Å². The molecule has 2 N–H and O–H groups in total. The maximum Gasteiger partial charge on any atom is 0.356 e. The zero-order valence-corrected chi connectivity index (χ0v) is 12.9. The second-order valence-electron chi connectivity index (χ2n) is 5.21. The third-order valence-electron chi connectivity index (χ3n) is 3.36. The van der Waals surface area contributed by atoms with Crippen LogP contribution in [0.4, 0.5) is 5.69 Å². The first-order chi connectivity index (χ1) is 11.5. The molecule has 0 bridgehead atoms. The van der Waals surface area contributed by atoms with Crippen LogP contribution in [0.1, 0.15) is 22.0 Å². The number of hydrogen-bond acceptors (Lipinski definition) is 4. The van der Waals surface area contributed by atoms with Gasteiger partial charge in [-0.25, -0.2) is 9.48 Å². The summed E-state index contributed by atoms with van der Waals surface area (Å²) in [5.74, 6) is -0.0171. The van der Waals surface area contributed by atoms with E-state index in [0.29, 0.717) is 17.1 Å². The zero-order chi connectivity index (χ0) is 17.1. The Balaban J connectivity index is 1.80. The number of para-hydroxylation sites is 2. The quantitative estimate of drug-likeness (QED) is 0.751. The van der Waals surface area contributed by atoms with Crippen LogP contribution < -0.4 is 5.32 Å². The number of amides is 1. The largest absolute Gasteiger partial charge is 0.476 e. The summed E-state index contributed by atoms with van der Waals surface area (Å²) in [4.78, 5) is 23.2. The van der Waals surface area contributed by atoms with E-state index in [1.165, 1.54) is 16.9 Å². The number of aromatic carboxylic acids is 1. The molecule has 0 saturated heterocycles. The van der Waals surface area contributed by atoms with Gasteiger partial charge >= 0.3 is 5.97 Å². The molecule has 0 unspecified atom stereocenters. The van der Waals surface area contributed by atoms with Crippen LogP contribution in [0.15, 0.2) is 53.1 Å². The number of nitrogens with zero attached hydrogens (tertiary/aromatic N) is 2. The summed E-state index contributed by atoms with van der Waals surface area (Å²) in [6, 6.07) is 12.0. The summed E-state index contributed by atoms with van der Waals surface area (Å²) in [6.07, 6.45) is 1.64. The molecule has 0 aliphatic rings. The highest BCUT2D eigenvalue weighted by Gasteiger charge is 2.13. The van der Waals surface area contributed by atoms with E-state index in [9.17, 15) is 9.59 Å². The van der Waals surface area contributed by atoms with Crippen LogP contribution in [0.2, 0.25) is 0 Å². The van der Waals surface area contributed by atoms with Crippen LogP contribution in [-0.4, -0.2) is 26.8 Å². The summed E-state index contributed by atoms with van der Waals surface area (Å²) in [5, 5.41) is 15.8. The third-order valence-corrected chi connectivity index (χ3v) is 3.36. The fraction of sp³-hybridized carbons (Fsp3) is 0.118. The molecule has 24 heavy (non-hydrogen) atoms. The van der Waals surface area contributed by atoms with Crippen LogP contribution in [-0.2, 0) is 11.2 Å². The average Bonchev–Trinajstić information content (AvgIpc) is 3.17. The molecule has 0 fully saturated rings. The lowest BCUT2D eigenvalue weighted by Crippen LogP contribution is -2.16. The summed E-state index contributed by atoms with van der Waals surface area (Å²) >= 11 is 0. The second kappa shape index (κ2) is 6.41. The number of carboxylic acid groups (broad SMARTS) is 1. The van der Waals surface area contributed by atoms with E-state index in [0.717, 1.165) is 5.76 Å². The molecule has 3 rings (SSSR count). The summed E-state index contributed by atoms with van der Waals surface area (Å²) in [6.45, 7) is 1.81. The lowest BCUT2D eigenvalue weighted by Gasteiger charge is -2.10. The predicted octanol–water partition coefficient (Wildman–Crippen LogP) is 2.65. The smallest absolute Gasteiger partial charge is 0.356 e. The number of aryl methyl sites for hydroxylation is 1. The first-order valence-corrected chi connectivity index (χ1v) is 7.26. The number of furan rings is 1. The monoisotopic (exact) mass is 325 g/mol. The number of carboxylic acids is 1. The van der Waals surface area contributed by atoms with E-state index in [1.807, 2.05) is 6.92 Å². The average molecular weight is 325 g/mol. The molecular weight excluding hydrogens is 310 g/mol. The molecule has 122 valence electrons. The standard InChI is InChI=1S/C17H15N3O4/c1-11-6-7-12(24-11)10-16(21)18-13-4-2-3-5-15(13)20-9-8-14(19-20)17(22)23/h2-9H,10H2,1H3,(H,18,21)(H,22,23). The van der Waals surface area contributed by atoms with Crippen LogP contribution in [0.3, 0.4) is 0 Å². The number of carbonyl (C=O) groups excluding carboxylic acids is 1.